The Labute approximate surface area is 100 Å². The summed E-state index contributed by atoms with van der Waals surface area (Å²) in [6, 6.07) is -0.0491. The van der Waals surface area contributed by atoms with E-state index in [2.05, 4.69) is 24.0 Å². The quantitative estimate of drug-likeness (QED) is 0.740. The molecule has 2 unspecified atom stereocenters. The second-order valence-electron chi connectivity index (χ2n) is 4.25. The minimum Gasteiger partial charge on any atom is -0.395 e. The Kier molecular flexibility index (Phi) is 4.76. The zero-order valence-electron chi connectivity index (χ0n) is 10.2. The first-order chi connectivity index (χ1) is 7.47. The van der Waals surface area contributed by atoms with Gasteiger partial charge in [0.15, 0.2) is 5.16 Å². The van der Waals surface area contributed by atoms with Gasteiger partial charge in [-0.15, -0.1) is 10.2 Å². The lowest BCUT2D eigenvalue weighted by Gasteiger charge is -2.23. The van der Waals surface area contributed by atoms with E-state index in [9.17, 15) is 5.11 Å². The summed E-state index contributed by atoms with van der Waals surface area (Å²) < 4.78 is 1.90. The van der Waals surface area contributed by atoms with E-state index in [1.807, 2.05) is 18.5 Å². The van der Waals surface area contributed by atoms with Crippen molar-refractivity contribution in [3.05, 3.63) is 5.82 Å². The van der Waals surface area contributed by atoms with E-state index >= 15 is 0 Å². The van der Waals surface area contributed by atoms with Gasteiger partial charge in [-0.05, 0) is 12.8 Å². The number of nitrogens with zero attached hydrogens (tertiary/aromatic N) is 3. The van der Waals surface area contributed by atoms with Crippen LogP contribution < -0.4 is 5.73 Å². The maximum absolute atomic E-state index is 9.35. The molecule has 0 spiro atoms. The van der Waals surface area contributed by atoms with Gasteiger partial charge in [0, 0.05) is 13.1 Å². The lowest BCUT2D eigenvalue weighted by molar-refractivity contribution is 0.269. The van der Waals surface area contributed by atoms with Crippen LogP contribution in [-0.4, -0.2) is 37.8 Å². The molecule has 0 aliphatic carbocycles. The monoisotopic (exact) mass is 244 g/mol. The summed E-state index contributed by atoms with van der Waals surface area (Å²) >= 11 is 1.49. The second kappa shape index (κ2) is 5.65. The fraction of sp³-hybridized carbons (Fsp3) is 0.800. The Morgan fingerprint density at radius 2 is 2.06 bits per heavy atom. The van der Waals surface area contributed by atoms with Crippen molar-refractivity contribution < 1.29 is 5.11 Å². The van der Waals surface area contributed by atoms with Crippen molar-refractivity contribution in [2.75, 3.05) is 6.61 Å². The molecule has 1 rings (SSSR count). The zero-order chi connectivity index (χ0) is 12.3. The predicted octanol–water partition coefficient (Wildman–Crippen LogP) is 0.560. The van der Waals surface area contributed by atoms with Crippen LogP contribution in [0.4, 0.5) is 0 Å². The van der Waals surface area contributed by atoms with Gasteiger partial charge in [-0.3, -0.25) is 0 Å². The largest absolute Gasteiger partial charge is 0.395 e. The number of hydrogen-bond acceptors (Lipinski definition) is 5. The summed E-state index contributed by atoms with van der Waals surface area (Å²) in [5.41, 5.74) is 6.04. The smallest absolute Gasteiger partial charge is 0.191 e. The first-order valence-corrected chi connectivity index (χ1v) is 6.24. The Bertz CT molecular complexity index is 340. The van der Waals surface area contributed by atoms with Crippen LogP contribution in [0.1, 0.15) is 19.7 Å². The zero-order valence-corrected chi connectivity index (χ0v) is 11.0. The molecule has 0 amide bonds. The van der Waals surface area contributed by atoms with Gasteiger partial charge in [-0.25, -0.2) is 0 Å². The third-order valence-corrected chi connectivity index (χ3v) is 4.02. The van der Waals surface area contributed by atoms with Gasteiger partial charge in [-0.1, -0.05) is 25.6 Å². The van der Waals surface area contributed by atoms with E-state index in [-0.39, 0.29) is 17.9 Å². The highest BCUT2D eigenvalue weighted by Gasteiger charge is 2.23. The minimum atomic E-state index is -0.0491. The minimum absolute atomic E-state index is 0.0395. The fourth-order valence-corrected chi connectivity index (χ4v) is 2.49. The molecule has 1 aromatic rings. The molecular weight excluding hydrogens is 224 g/mol. The SMILES string of the molecule is Cc1nnc(SC(CO)C(N)C(C)C)n1C. The van der Waals surface area contributed by atoms with Crippen LogP contribution in [0.2, 0.25) is 0 Å². The summed E-state index contributed by atoms with van der Waals surface area (Å²) in [4.78, 5) is 0. The molecule has 0 radical (unpaired) electrons. The number of aromatic nitrogens is 3. The molecule has 0 aliphatic heterocycles. The molecule has 1 heterocycles. The van der Waals surface area contributed by atoms with E-state index in [0.717, 1.165) is 11.0 Å². The Balaban J connectivity index is 2.74. The predicted molar refractivity (Wildman–Crippen MR) is 65.3 cm³/mol. The molecule has 6 heteroatoms. The lowest BCUT2D eigenvalue weighted by Crippen LogP contribution is -2.39. The molecule has 16 heavy (non-hydrogen) atoms. The van der Waals surface area contributed by atoms with E-state index in [1.165, 1.54) is 11.8 Å². The Morgan fingerprint density at radius 3 is 2.44 bits per heavy atom. The van der Waals surface area contributed by atoms with Crippen LogP contribution in [0.3, 0.4) is 0 Å². The molecule has 0 aliphatic rings. The van der Waals surface area contributed by atoms with E-state index in [1.54, 1.807) is 0 Å². The number of nitrogens with two attached hydrogens (primary N) is 1. The summed E-state index contributed by atoms with van der Waals surface area (Å²) in [7, 11) is 1.91. The van der Waals surface area contributed by atoms with Crippen molar-refractivity contribution in [3.63, 3.8) is 0 Å². The van der Waals surface area contributed by atoms with Gasteiger partial charge in [-0.2, -0.15) is 0 Å². The normalized spacial score (nSPS) is 15.4. The highest BCUT2D eigenvalue weighted by atomic mass is 32.2. The highest BCUT2D eigenvalue weighted by molar-refractivity contribution is 7.99. The van der Waals surface area contributed by atoms with Crippen molar-refractivity contribution >= 4 is 11.8 Å². The first-order valence-electron chi connectivity index (χ1n) is 5.36. The maximum Gasteiger partial charge on any atom is 0.191 e. The maximum atomic E-state index is 9.35. The Hall–Kier alpha value is -0.590. The second-order valence-corrected chi connectivity index (χ2v) is 5.46. The molecule has 0 aromatic carbocycles. The first kappa shape index (κ1) is 13.5. The number of aryl methyl sites for hydroxylation is 1. The van der Waals surface area contributed by atoms with Gasteiger partial charge >= 0.3 is 0 Å². The molecule has 0 saturated carbocycles. The van der Waals surface area contributed by atoms with Crippen LogP contribution in [0, 0.1) is 12.8 Å². The van der Waals surface area contributed by atoms with Crippen LogP contribution in [0.5, 0.6) is 0 Å². The molecule has 92 valence electrons. The summed E-state index contributed by atoms with van der Waals surface area (Å²) in [6.07, 6.45) is 0. The number of aliphatic hydroxyl groups excluding tert-OH is 1. The average Bonchev–Trinajstić information content (AvgIpc) is 2.56. The number of thioether (sulfide) groups is 1. The molecule has 3 N–H and O–H groups in total. The summed E-state index contributed by atoms with van der Waals surface area (Å²) in [5, 5.41) is 18.1. The van der Waals surface area contributed by atoms with Crippen molar-refractivity contribution in [2.24, 2.45) is 18.7 Å². The molecule has 5 nitrogen and oxygen atoms in total. The van der Waals surface area contributed by atoms with E-state index in [4.69, 9.17) is 5.73 Å². The molecule has 1 aromatic heterocycles. The van der Waals surface area contributed by atoms with Crippen molar-refractivity contribution in [1.29, 1.82) is 0 Å². The van der Waals surface area contributed by atoms with Crippen LogP contribution >= 0.6 is 11.8 Å². The molecule has 0 saturated heterocycles. The van der Waals surface area contributed by atoms with Crippen molar-refractivity contribution in [2.45, 2.75) is 37.2 Å². The van der Waals surface area contributed by atoms with Crippen molar-refractivity contribution in [1.82, 2.24) is 14.8 Å². The molecule has 0 bridgehead atoms. The lowest BCUT2D eigenvalue weighted by atomic mass is 10.0. The van der Waals surface area contributed by atoms with Crippen LogP contribution in [0.25, 0.3) is 0 Å². The number of hydrogen-bond donors (Lipinski definition) is 2. The van der Waals surface area contributed by atoms with Crippen molar-refractivity contribution in [3.8, 4) is 0 Å². The topological polar surface area (TPSA) is 77.0 Å². The van der Waals surface area contributed by atoms with Gasteiger partial charge in [0.2, 0.25) is 0 Å². The average molecular weight is 244 g/mol. The van der Waals surface area contributed by atoms with Gasteiger partial charge in [0.25, 0.3) is 0 Å². The fourth-order valence-electron chi connectivity index (χ4n) is 1.29. The molecular formula is C10H20N4OS. The summed E-state index contributed by atoms with van der Waals surface area (Å²) in [5.74, 6) is 1.19. The third kappa shape index (κ3) is 2.96. The van der Waals surface area contributed by atoms with Gasteiger partial charge < -0.3 is 15.4 Å². The van der Waals surface area contributed by atoms with Crippen LogP contribution in [0.15, 0.2) is 5.16 Å². The van der Waals surface area contributed by atoms with Gasteiger partial charge in [0.05, 0.1) is 11.9 Å². The standard InChI is InChI=1S/C10H20N4OS/c1-6(2)9(11)8(5-15)16-10-13-12-7(3)14(10)4/h6,8-9,15H,5,11H2,1-4H3. The van der Waals surface area contributed by atoms with E-state index in [0.29, 0.717) is 5.92 Å². The highest BCUT2D eigenvalue weighted by Crippen LogP contribution is 2.25. The molecule has 0 fully saturated rings. The summed E-state index contributed by atoms with van der Waals surface area (Å²) in [6.45, 7) is 6.05. The Morgan fingerprint density at radius 1 is 1.44 bits per heavy atom. The van der Waals surface area contributed by atoms with Crippen LogP contribution in [-0.2, 0) is 7.05 Å². The molecule has 2 atom stereocenters. The number of aliphatic hydroxyl groups is 1. The van der Waals surface area contributed by atoms with Gasteiger partial charge in [0.1, 0.15) is 5.82 Å². The number of rotatable bonds is 5. The third-order valence-electron chi connectivity index (χ3n) is 2.69. The van der Waals surface area contributed by atoms with E-state index < -0.39 is 0 Å².